The van der Waals surface area contributed by atoms with Crippen molar-refractivity contribution in [2.45, 2.75) is 13.3 Å². The summed E-state index contributed by atoms with van der Waals surface area (Å²) in [6.45, 7) is 1.89. The van der Waals surface area contributed by atoms with Gasteiger partial charge in [0.05, 0.1) is 6.61 Å². The molecule has 0 spiro atoms. The lowest BCUT2D eigenvalue weighted by Gasteiger charge is -2.07. The summed E-state index contributed by atoms with van der Waals surface area (Å²) in [5, 5.41) is 2.58. The maximum absolute atomic E-state index is 10.7. The van der Waals surface area contributed by atoms with E-state index in [-0.39, 0.29) is 5.97 Å². The highest BCUT2D eigenvalue weighted by Crippen LogP contribution is 2.32. The van der Waals surface area contributed by atoms with Crippen LogP contribution in [-0.2, 0) is 16.0 Å². The second-order valence-corrected chi connectivity index (χ2v) is 4.55. The molecule has 18 heavy (non-hydrogen) atoms. The molecule has 0 aromatic heterocycles. The van der Waals surface area contributed by atoms with E-state index in [0.717, 1.165) is 6.42 Å². The molecule has 2 aromatic carbocycles. The van der Waals surface area contributed by atoms with Crippen molar-refractivity contribution in [3.63, 3.8) is 0 Å². The van der Waals surface area contributed by atoms with Gasteiger partial charge in [-0.3, -0.25) is 4.79 Å². The van der Waals surface area contributed by atoms with Crippen molar-refractivity contribution < 1.29 is 9.53 Å². The summed E-state index contributed by atoms with van der Waals surface area (Å²) in [5.41, 5.74) is 3.76. The zero-order valence-corrected chi connectivity index (χ0v) is 10.3. The molecule has 0 saturated heterocycles. The molecule has 0 heterocycles. The summed E-state index contributed by atoms with van der Waals surface area (Å²) in [7, 11) is 0. The summed E-state index contributed by atoms with van der Waals surface area (Å²) in [6, 6.07) is 10.7. The Morgan fingerprint density at radius 1 is 1.17 bits per heavy atom. The smallest absolute Gasteiger partial charge is 0.302 e. The van der Waals surface area contributed by atoms with Gasteiger partial charge in [0.2, 0.25) is 0 Å². The van der Waals surface area contributed by atoms with E-state index < -0.39 is 0 Å². The van der Waals surface area contributed by atoms with Crippen LogP contribution in [0.25, 0.3) is 22.9 Å². The van der Waals surface area contributed by atoms with Crippen molar-refractivity contribution in [3.8, 4) is 0 Å². The normalized spacial score (nSPS) is 12.1. The van der Waals surface area contributed by atoms with E-state index in [4.69, 9.17) is 4.74 Å². The van der Waals surface area contributed by atoms with Crippen molar-refractivity contribution >= 4 is 28.9 Å². The number of carbonyl (C=O) groups is 1. The minimum absolute atomic E-state index is 0.220. The number of rotatable bonds is 3. The summed E-state index contributed by atoms with van der Waals surface area (Å²) >= 11 is 0. The minimum Gasteiger partial charge on any atom is -0.466 e. The van der Waals surface area contributed by atoms with Crippen molar-refractivity contribution in [3.05, 3.63) is 47.0 Å². The molecule has 2 heteroatoms. The molecule has 0 saturated carbocycles. The predicted octanol–water partition coefficient (Wildman–Crippen LogP) is 3.43. The van der Waals surface area contributed by atoms with Gasteiger partial charge in [0.25, 0.3) is 0 Å². The molecule has 1 aliphatic carbocycles. The van der Waals surface area contributed by atoms with Gasteiger partial charge in [0.15, 0.2) is 0 Å². The van der Waals surface area contributed by atoms with Crippen LogP contribution in [0.4, 0.5) is 0 Å². The SMILES string of the molecule is CC(=O)OCCc1cc2c3c(cccc3c1)C=C2. The molecule has 0 radical (unpaired) electrons. The first kappa shape index (κ1) is 11.0. The molecule has 0 amide bonds. The predicted molar refractivity (Wildman–Crippen MR) is 73.2 cm³/mol. The summed E-state index contributed by atoms with van der Waals surface area (Å²) in [4.78, 5) is 10.7. The van der Waals surface area contributed by atoms with Crippen LogP contribution < -0.4 is 0 Å². The van der Waals surface area contributed by atoms with Crippen LogP contribution in [0.15, 0.2) is 30.3 Å². The van der Waals surface area contributed by atoms with Gasteiger partial charge in [-0.15, -0.1) is 0 Å². The van der Waals surface area contributed by atoms with E-state index in [1.54, 1.807) is 0 Å². The molecular formula is C16H14O2. The fourth-order valence-corrected chi connectivity index (χ4v) is 2.46. The molecule has 2 aromatic rings. The largest absolute Gasteiger partial charge is 0.466 e. The van der Waals surface area contributed by atoms with Crippen LogP contribution in [-0.4, -0.2) is 12.6 Å². The average Bonchev–Trinajstić information content (AvgIpc) is 2.74. The van der Waals surface area contributed by atoms with Gasteiger partial charge in [0, 0.05) is 13.3 Å². The van der Waals surface area contributed by atoms with Gasteiger partial charge < -0.3 is 4.74 Å². The zero-order chi connectivity index (χ0) is 12.5. The third-order valence-electron chi connectivity index (χ3n) is 3.24. The standard InChI is InChI=1S/C16H14O2/c1-11(17)18-8-7-12-9-14-4-2-3-13-5-6-15(10-12)16(13)14/h2-6,9-10H,7-8H2,1H3. The van der Waals surface area contributed by atoms with E-state index in [1.807, 2.05) is 0 Å². The maximum atomic E-state index is 10.7. The second kappa shape index (κ2) is 4.30. The quantitative estimate of drug-likeness (QED) is 0.653. The zero-order valence-electron chi connectivity index (χ0n) is 10.3. The van der Waals surface area contributed by atoms with Crippen LogP contribution in [0.1, 0.15) is 23.6 Å². The Balaban J connectivity index is 1.92. The lowest BCUT2D eigenvalue weighted by molar-refractivity contribution is -0.140. The molecule has 0 N–H and O–H groups in total. The first-order valence-corrected chi connectivity index (χ1v) is 6.11. The summed E-state index contributed by atoms with van der Waals surface area (Å²) in [5.74, 6) is -0.220. The van der Waals surface area contributed by atoms with E-state index in [2.05, 4.69) is 42.5 Å². The number of hydrogen-bond acceptors (Lipinski definition) is 2. The average molecular weight is 238 g/mol. The highest BCUT2D eigenvalue weighted by molar-refractivity contribution is 6.05. The number of ether oxygens (including phenoxy) is 1. The van der Waals surface area contributed by atoms with E-state index >= 15 is 0 Å². The Labute approximate surface area is 106 Å². The molecule has 2 nitrogen and oxygen atoms in total. The van der Waals surface area contributed by atoms with Crippen LogP contribution in [0, 0.1) is 0 Å². The Bertz CT molecular complexity index is 653. The van der Waals surface area contributed by atoms with Crippen LogP contribution in [0.2, 0.25) is 0 Å². The maximum Gasteiger partial charge on any atom is 0.302 e. The third-order valence-corrected chi connectivity index (χ3v) is 3.24. The molecule has 0 atom stereocenters. The second-order valence-electron chi connectivity index (χ2n) is 4.55. The van der Waals surface area contributed by atoms with Crippen molar-refractivity contribution in [1.82, 2.24) is 0 Å². The lowest BCUT2D eigenvalue weighted by Crippen LogP contribution is -2.03. The fourth-order valence-electron chi connectivity index (χ4n) is 2.46. The fraction of sp³-hybridized carbons (Fsp3) is 0.188. The Morgan fingerprint density at radius 3 is 2.83 bits per heavy atom. The number of benzene rings is 2. The topological polar surface area (TPSA) is 26.3 Å². The highest BCUT2D eigenvalue weighted by Gasteiger charge is 2.10. The first-order valence-electron chi connectivity index (χ1n) is 6.11. The van der Waals surface area contributed by atoms with Crippen LogP contribution in [0.5, 0.6) is 0 Å². The molecule has 1 aliphatic rings. The first-order chi connectivity index (χ1) is 8.74. The summed E-state index contributed by atoms with van der Waals surface area (Å²) in [6.07, 6.45) is 5.06. The van der Waals surface area contributed by atoms with Gasteiger partial charge in [0.1, 0.15) is 0 Å². The Morgan fingerprint density at radius 2 is 2.00 bits per heavy atom. The van der Waals surface area contributed by atoms with Crippen molar-refractivity contribution in [2.24, 2.45) is 0 Å². The number of esters is 1. The minimum atomic E-state index is -0.220. The van der Waals surface area contributed by atoms with Gasteiger partial charge >= 0.3 is 5.97 Å². The molecule has 0 fully saturated rings. The van der Waals surface area contributed by atoms with Crippen molar-refractivity contribution in [1.29, 1.82) is 0 Å². The van der Waals surface area contributed by atoms with E-state index in [1.165, 1.54) is 34.4 Å². The molecular weight excluding hydrogens is 224 g/mol. The third kappa shape index (κ3) is 1.90. The van der Waals surface area contributed by atoms with Crippen LogP contribution >= 0.6 is 0 Å². The number of carbonyl (C=O) groups excluding carboxylic acids is 1. The van der Waals surface area contributed by atoms with Crippen LogP contribution in [0.3, 0.4) is 0 Å². The molecule has 0 aliphatic heterocycles. The van der Waals surface area contributed by atoms with Gasteiger partial charge in [-0.2, -0.15) is 0 Å². The van der Waals surface area contributed by atoms with Gasteiger partial charge in [-0.1, -0.05) is 42.5 Å². The van der Waals surface area contributed by atoms with Crippen molar-refractivity contribution in [2.75, 3.05) is 6.61 Å². The highest BCUT2D eigenvalue weighted by atomic mass is 16.5. The van der Waals surface area contributed by atoms with E-state index in [9.17, 15) is 4.79 Å². The van der Waals surface area contributed by atoms with E-state index in [0.29, 0.717) is 6.61 Å². The molecule has 0 bridgehead atoms. The number of hydrogen-bond donors (Lipinski definition) is 0. The lowest BCUT2D eigenvalue weighted by atomic mass is 10.00. The van der Waals surface area contributed by atoms with Gasteiger partial charge in [-0.25, -0.2) is 0 Å². The Kier molecular flexibility index (Phi) is 2.63. The molecule has 0 unspecified atom stereocenters. The monoisotopic (exact) mass is 238 g/mol. The van der Waals surface area contributed by atoms with Gasteiger partial charge in [-0.05, 0) is 27.5 Å². The molecule has 90 valence electrons. The Hall–Kier alpha value is -2.09. The molecule has 3 rings (SSSR count). The summed E-state index contributed by atoms with van der Waals surface area (Å²) < 4.78 is 4.99.